The summed E-state index contributed by atoms with van der Waals surface area (Å²) in [7, 11) is 0. The van der Waals surface area contributed by atoms with Crippen molar-refractivity contribution in [2.75, 3.05) is 6.26 Å². The summed E-state index contributed by atoms with van der Waals surface area (Å²) in [6.45, 7) is 3.45. The highest BCUT2D eigenvalue weighted by atomic mass is 35.5. The Balaban J connectivity index is 2.99. The fourth-order valence-electron chi connectivity index (χ4n) is 0.858. The summed E-state index contributed by atoms with van der Waals surface area (Å²) in [4.78, 5) is 3.81. The largest absolute Gasteiger partial charge is 0.244 e. The van der Waals surface area contributed by atoms with Gasteiger partial charge >= 0.3 is 0 Å². The van der Waals surface area contributed by atoms with E-state index >= 15 is 0 Å². The second-order valence-electron chi connectivity index (χ2n) is 2.26. The van der Waals surface area contributed by atoms with Gasteiger partial charge in [0.2, 0.25) is 0 Å². The first kappa shape index (κ1) is 10.3. The number of aliphatic imine (C=N–C) groups is 1. The molecule has 68 valence electrons. The highest BCUT2D eigenvalue weighted by Crippen LogP contribution is 2.12. The Labute approximate surface area is 86.9 Å². The fraction of sp³-hybridized carbons (Fsp3) is 0.111. The summed E-state index contributed by atoms with van der Waals surface area (Å²) in [5, 5.41) is 0.705. The molecule has 0 saturated heterocycles. The highest BCUT2D eigenvalue weighted by molar-refractivity contribution is 7.97. The third-order valence-electron chi connectivity index (χ3n) is 1.43. The predicted molar refractivity (Wildman–Crippen MR) is 61.1 cm³/mol. The van der Waals surface area contributed by atoms with Crippen LogP contribution >= 0.6 is 23.5 Å². The number of hydrogen-bond acceptors (Lipinski definition) is 2. The molecule has 1 rings (SSSR count). The molecule has 0 unspecified atom stereocenters. The van der Waals surface area contributed by atoms with Crippen molar-refractivity contribution < 1.29 is 0 Å². The van der Waals surface area contributed by atoms with E-state index in [4.69, 9.17) is 11.6 Å². The van der Waals surface area contributed by atoms with Crippen LogP contribution in [-0.2, 0) is 0 Å². The SMILES string of the molecule is C=NC(=NSC)c1ccc(Cl)cc1. The Morgan fingerprint density at radius 2 is 2.00 bits per heavy atom. The van der Waals surface area contributed by atoms with E-state index in [1.165, 1.54) is 11.9 Å². The lowest BCUT2D eigenvalue weighted by atomic mass is 10.2. The third-order valence-corrected chi connectivity index (χ3v) is 2.04. The van der Waals surface area contributed by atoms with Crippen molar-refractivity contribution in [3.8, 4) is 0 Å². The van der Waals surface area contributed by atoms with Gasteiger partial charge in [0.1, 0.15) is 0 Å². The molecular formula is C9H9ClN2S. The number of nitrogens with zero attached hydrogens (tertiary/aromatic N) is 2. The zero-order valence-electron chi connectivity index (χ0n) is 7.20. The number of halogens is 1. The average molecular weight is 213 g/mol. The lowest BCUT2D eigenvalue weighted by molar-refractivity contribution is 1.57. The van der Waals surface area contributed by atoms with E-state index < -0.39 is 0 Å². The average Bonchev–Trinajstić information content (AvgIpc) is 2.16. The van der Waals surface area contributed by atoms with Gasteiger partial charge in [0, 0.05) is 16.8 Å². The standard InChI is InChI=1S/C9H9ClN2S/c1-11-9(12-13-2)7-3-5-8(10)6-4-7/h3-6H,1H2,2H3. The first-order chi connectivity index (χ1) is 6.27. The molecule has 0 aromatic heterocycles. The molecular weight excluding hydrogens is 204 g/mol. The van der Waals surface area contributed by atoms with Crippen molar-refractivity contribution in [3.05, 3.63) is 34.9 Å². The van der Waals surface area contributed by atoms with Crippen molar-refractivity contribution >= 4 is 36.1 Å². The normalized spacial score (nSPS) is 11.4. The fourth-order valence-corrected chi connectivity index (χ4v) is 1.32. The minimum Gasteiger partial charge on any atom is -0.244 e. The van der Waals surface area contributed by atoms with Gasteiger partial charge < -0.3 is 0 Å². The third kappa shape index (κ3) is 2.86. The van der Waals surface area contributed by atoms with Crippen LogP contribution < -0.4 is 0 Å². The summed E-state index contributed by atoms with van der Waals surface area (Å²) < 4.78 is 4.10. The Bertz CT molecular complexity index is 319. The molecule has 1 aromatic rings. The number of benzene rings is 1. The van der Waals surface area contributed by atoms with Crippen molar-refractivity contribution in [2.24, 2.45) is 9.39 Å². The van der Waals surface area contributed by atoms with Gasteiger partial charge in [-0.05, 0) is 42.9 Å². The van der Waals surface area contributed by atoms with Crippen molar-refractivity contribution in [2.45, 2.75) is 0 Å². The second-order valence-corrected chi connectivity index (χ2v) is 3.25. The molecule has 0 aliphatic rings. The van der Waals surface area contributed by atoms with Gasteiger partial charge in [0.25, 0.3) is 0 Å². The lowest BCUT2D eigenvalue weighted by Gasteiger charge is -1.98. The molecule has 0 radical (unpaired) electrons. The van der Waals surface area contributed by atoms with E-state index in [1.54, 1.807) is 12.1 Å². The molecule has 0 fully saturated rings. The van der Waals surface area contributed by atoms with Gasteiger partial charge in [-0.2, -0.15) is 4.40 Å². The Morgan fingerprint density at radius 1 is 1.38 bits per heavy atom. The maximum absolute atomic E-state index is 5.75. The number of hydrogen-bond donors (Lipinski definition) is 0. The highest BCUT2D eigenvalue weighted by Gasteiger charge is 1.99. The molecule has 0 bridgehead atoms. The van der Waals surface area contributed by atoms with Crippen molar-refractivity contribution in [1.82, 2.24) is 0 Å². The molecule has 13 heavy (non-hydrogen) atoms. The Morgan fingerprint density at radius 3 is 2.46 bits per heavy atom. The molecule has 0 amide bonds. The van der Waals surface area contributed by atoms with Gasteiger partial charge in [-0.15, -0.1) is 0 Å². The molecule has 0 aliphatic carbocycles. The maximum atomic E-state index is 5.75. The summed E-state index contributed by atoms with van der Waals surface area (Å²) >= 11 is 7.10. The van der Waals surface area contributed by atoms with Crippen molar-refractivity contribution in [1.29, 1.82) is 0 Å². The number of amidine groups is 1. The molecule has 0 spiro atoms. The van der Waals surface area contributed by atoms with Crippen LogP contribution in [-0.4, -0.2) is 18.8 Å². The second kappa shape index (κ2) is 5.04. The van der Waals surface area contributed by atoms with E-state index in [9.17, 15) is 0 Å². The van der Waals surface area contributed by atoms with Crippen LogP contribution in [0.3, 0.4) is 0 Å². The van der Waals surface area contributed by atoms with Gasteiger partial charge in [0.15, 0.2) is 5.84 Å². The smallest absolute Gasteiger partial charge is 0.166 e. The van der Waals surface area contributed by atoms with E-state index in [1.807, 2.05) is 18.4 Å². The Kier molecular flexibility index (Phi) is 3.99. The van der Waals surface area contributed by atoms with Crippen LogP contribution in [0.4, 0.5) is 0 Å². The summed E-state index contributed by atoms with van der Waals surface area (Å²) in [6.07, 6.45) is 1.88. The van der Waals surface area contributed by atoms with Crippen LogP contribution in [0.15, 0.2) is 33.7 Å². The molecule has 1 aromatic carbocycles. The Hall–Kier alpha value is -0.800. The molecule has 0 heterocycles. The molecule has 0 aliphatic heterocycles. The van der Waals surface area contributed by atoms with Gasteiger partial charge in [-0.25, -0.2) is 4.99 Å². The first-order valence-electron chi connectivity index (χ1n) is 3.61. The molecule has 0 atom stereocenters. The zero-order valence-corrected chi connectivity index (χ0v) is 8.77. The van der Waals surface area contributed by atoms with Crippen molar-refractivity contribution in [3.63, 3.8) is 0 Å². The summed E-state index contributed by atoms with van der Waals surface area (Å²) in [5.41, 5.74) is 0.925. The van der Waals surface area contributed by atoms with E-state index in [0.29, 0.717) is 10.9 Å². The summed E-state index contributed by atoms with van der Waals surface area (Å²) in [6, 6.07) is 7.34. The van der Waals surface area contributed by atoms with Gasteiger partial charge in [-0.3, -0.25) is 0 Å². The predicted octanol–water partition coefficient (Wildman–Crippen LogP) is 3.07. The van der Waals surface area contributed by atoms with Gasteiger partial charge in [-0.1, -0.05) is 11.6 Å². The first-order valence-corrected chi connectivity index (χ1v) is 5.17. The van der Waals surface area contributed by atoms with E-state index in [-0.39, 0.29) is 0 Å². The summed E-state index contributed by atoms with van der Waals surface area (Å²) in [5.74, 6) is 0.629. The van der Waals surface area contributed by atoms with Crippen LogP contribution in [0.1, 0.15) is 5.56 Å². The van der Waals surface area contributed by atoms with Crippen LogP contribution in [0, 0.1) is 0 Å². The molecule has 0 saturated carbocycles. The quantitative estimate of drug-likeness (QED) is 0.420. The molecule has 0 N–H and O–H groups in total. The minimum atomic E-state index is 0.629. The maximum Gasteiger partial charge on any atom is 0.166 e. The van der Waals surface area contributed by atoms with E-state index in [2.05, 4.69) is 16.1 Å². The zero-order chi connectivity index (χ0) is 9.68. The van der Waals surface area contributed by atoms with Gasteiger partial charge in [0.05, 0.1) is 0 Å². The van der Waals surface area contributed by atoms with E-state index in [0.717, 1.165) is 5.56 Å². The number of rotatable bonds is 2. The molecule has 2 nitrogen and oxygen atoms in total. The minimum absolute atomic E-state index is 0.629. The monoisotopic (exact) mass is 212 g/mol. The lowest BCUT2D eigenvalue weighted by Crippen LogP contribution is -1.94. The topological polar surface area (TPSA) is 24.7 Å². The van der Waals surface area contributed by atoms with Crippen LogP contribution in [0.5, 0.6) is 0 Å². The van der Waals surface area contributed by atoms with Crippen LogP contribution in [0.2, 0.25) is 5.02 Å². The molecule has 4 heteroatoms. The van der Waals surface area contributed by atoms with Crippen LogP contribution in [0.25, 0.3) is 0 Å².